The zero-order valence-electron chi connectivity index (χ0n) is 13.8. The first-order chi connectivity index (χ1) is 11.2. The fourth-order valence-electron chi connectivity index (χ4n) is 3.15. The van der Waals surface area contributed by atoms with Crippen LogP contribution in [0, 0.1) is 0 Å². The van der Waals surface area contributed by atoms with E-state index in [1.54, 1.807) is 14.2 Å². The summed E-state index contributed by atoms with van der Waals surface area (Å²) in [6.07, 6.45) is 2.19. The van der Waals surface area contributed by atoms with E-state index in [0.29, 0.717) is 11.5 Å². The minimum Gasteiger partial charge on any atom is -0.493 e. The quantitative estimate of drug-likeness (QED) is 0.861. The van der Waals surface area contributed by atoms with Gasteiger partial charge in [-0.15, -0.1) is 0 Å². The summed E-state index contributed by atoms with van der Waals surface area (Å²) in [5.74, 6) is 1.41. The smallest absolute Gasteiger partial charge is 0.175 e. The highest BCUT2D eigenvalue weighted by molar-refractivity contribution is 9.10. The molecule has 2 aromatic rings. The zero-order chi connectivity index (χ0) is 16.4. The predicted octanol–water partition coefficient (Wildman–Crippen LogP) is 3.62. The Labute approximate surface area is 145 Å². The molecule has 0 radical (unpaired) electrons. The standard InChI is InChI=1S/C17H22BrN3O2/c1-4-8-21-9-7-13-12(10-21)16(20-19-13)11-5-6-14(22-2)17(23-3)15(11)18/h5-6H,4,7-10H2,1-3H3,(H,19,20). The van der Waals surface area contributed by atoms with E-state index in [1.165, 1.54) is 17.7 Å². The van der Waals surface area contributed by atoms with Crippen molar-refractivity contribution in [3.8, 4) is 22.8 Å². The fraction of sp³-hybridized carbons (Fsp3) is 0.471. The number of ether oxygens (including phenoxy) is 2. The van der Waals surface area contributed by atoms with E-state index in [1.807, 2.05) is 12.1 Å². The largest absolute Gasteiger partial charge is 0.493 e. The monoisotopic (exact) mass is 379 g/mol. The molecule has 5 nitrogen and oxygen atoms in total. The molecule has 0 spiro atoms. The summed E-state index contributed by atoms with van der Waals surface area (Å²) in [6.45, 7) is 5.37. The molecule has 124 valence electrons. The van der Waals surface area contributed by atoms with Gasteiger partial charge in [0.25, 0.3) is 0 Å². The van der Waals surface area contributed by atoms with Gasteiger partial charge in [0.1, 0.15) is 0 Å². The summed E-state index contributed by atoms with van der Waals surface area (Å²) in [7, 11) is 3.29. The first kappa shape index (κ1) is 16.3. The molecule has 2 heterocycles. The van der Waals surface area contributed by atoms with Crippen molar-refractivity contribution in [2.24, 2.45) is 0 Å². The number of benzene rings is 1. The summed E-state index contributed by atoms with van der Waals surface area (Å²) < 4.78 is 11.7. The van der Waals surface area contributed by atoms with E-state index in [-0.39, 0.29) is 0 Å². The van der Waals surface area contributed by atoms with E-state index < -0.39 is 0 Å². The van der Waals surface area contributed by atoms with Crippen LogP contribution in [0.5, 0.6) is 11.5 Å². The highest BCUT2D eigenvalue weighted by atomic mass is 79.9. The molecule has 0 atom stereocenters. The molecule has 0 saturated heterocycles. The van der Waals surface area contributed by atoms with Crippen molar-refractivity contribution in [2.75, 3.05) is 27.3 Å². The van der Waals surface area contributed by atoms with E-state index in [0.717, 1.165) is 41.8 Å². The number of rotatable bonds is 5. The molecule has 0 aliphatic carbocycles. The summed E-state index contributed by atoms with van der Waals surface area (Å²) in [5.41, 5.74) is 4.55. The lowest BCUT2D eigenvalue weighted by molar-refractivity contribution is 0.254. The predicted molar refractivity (Wildman–Crippen MR) is 94.1 cm³/mol. The van der Waals surface area contributed by atoms with Crippen LogP contribution < -0.4 is 9.47 Å². The van der Waals surface area contributed by atoms with Crippen molar-refractivity contribution < 1.29 is 9.47 Å². The molecule has 1 aromatic carbocycles. The van der Waals surface area contributed by atoms with Crippen LogP contribution >= 0.6 is 15.9 Å². The number of nitrogens with zero attached hydrogens (tertiary/aromatic N) is 2. The second-order valence-corrected chi connectivity index (χ2v) is 6.51. The number of hydrogen-bond donors (Lipinski definition) is 1. The minimum absolute atomic E-state index is 0.697. The lowest BCUT2D eigenvalue weighted by atomic mass is 10.0. The lowest BCUT2D eigenvalue weighted by Gasteiger charge is -2.26. The molecule has 1 aromatic heterocycles. The van der Waals surface area contributed by atoms with Crippen LogP contribution in [-0.2, 0) is 13.0 Å². The van der Waals surface area contributed by atoms with E-state index in [9.17, 15) is 0 Å². The second-order valence-electron chi connectivity index (χ2n) is 5.72. The Bertz CT molecular complexity index is 699. The number of aromatic amines is 1. The maximum absolute atomic E-state index is 5.49. The Morgan fingerprint density at radius 3 is 2.83 bits per heavy atom. The molecule has 23 heavy (non-hydrogen) atoms. The Morgan fingerprint density at radius 1 is 1.30 bits per heavy atom. The number of H-pyrrole nitrogens is 1. The first-order valence-corrected chi connectivity index (χ1v) is 8.68. The maximum Gasteiger partial charge on any atom is 0.175 e. The zero-order valence-corrected chi connectivity index (χ0v) is 15.4. The summed E-state index contributed by atoms with van der Waals surface area (Å²) in [5, 5.41) is 7.79. The normalized spacial score (nSPS) is 14.6. The second kappa shape index (κ2) is 6.93. The molecule has 0 amide bonds. The van der Waals surface area contributed by atoms with E-state index in [2.05, 4.69) is 38.0 Å². The highest BCUT2D eigenvalue weighted by Crippen LogP contribution is 2.43. The summed E-state index contributed by atoms with van der Waals surface area (Å²) in [4.78, 5) is 2.48. The fourth-order valence-corrected chi connectivity index (χ4v) is 3.83. The molecular weight excluding hydrogens is 358 g/mol. The van der Waals surface area contributed by atoms with Gasteiger partial charge in [0.2, 0.25) is 0 Å². The third kappa shape index (κ3) is 2.97. The summed E-state index contributed by atoms with van der Waals surface area (Å²) >= 11 is 3.66. The number of halogens is 1. The van der Waals surface area contributed by atoms with Gasteiger partial charge in [-0.2, -0.15) is 5.10 Å². The van der Waals surface area contributed by atoms with Crippen molar-refractivity contribution in [2.45, 2.75) is 26.3 Å². The van der Waals surface area contributed by atoms with Crippen molar-refractivity contribution in [1.82, 2.24) is 15.1 Å². The molecule has 1 aliphatic heterocycles. The van der Waals surface area contributed by atoms with Crippen LogP contribution in [0.2, 0.25) is 0 Å². The molecule has 0 fully saturated rings. The molecule has 0 bridgehead atoms. The number of methoxy groups -OCH3 is 2. The van der Waals surface area contributed by atoms with Crippen LogP contribution in [0.3, 0.4) is 0 Å². The Balaban J connectivity index is 2.03. The van der Waals surface area contributed by atoms with Crippen LogP contribution in [0.1, 0.15) is 24.6 Å². The average molecular weight is 380 g/mol. The van der Waals surface area contributed by atoms with Gasteiger partial charge >= 0.3 is 0 Å². The SMILES string of the molecule is CCCN1CCc2[nH]nc(-c3ccc(OC)c(OC)c3Br)c2C1. The lowest BCUT2D eigenvalue weighted by Crippen LogP contribution is -2.31. The number of nitrogens with one attached hydrogen (secondary N) is 1. The van der Waals surface area contributed by atoms with Crippen molar-refractivity contribution in [3.05, 3.63) is 27.9 Å². The molecule has 0 unspecified atom stereocenters. The van der Waals surface area contributed by atoms with Gasteiger partial charge in [0, 0.05) is 36.3 Å². The number of fused-ring (bicyclic) bond motifs is 1. The Hall–Kier alpha value is -1.53. The van der Waals surface area contributed by atoms with Crippen LogP contribution in [0.15, 0.2) is 16.6 Å². The molecule has 6 heteroatoms. The van der Waals surface area contributed by atoms with Crippen LogP contribution in [0.25, 0.3) is 11.3 Å². The average Bonchev–Trinajstić information content (AvgIpc) is 2.98. The number of hydrogen-bond acceptors (Lipinski definition) is 4. The van der Waals surface area contributed by atoms with Gasteiger partial charge in [-0.1, -0.05) is 6.92 Å². The Morgan fingerprint density at radius 2 is 2.13 bits per heavy atom. The Kier molecular flexibility index (Phi) is 4.92. The van der Waals surface area contributed by atoms with Gasteiger partial charge in [0.05, 0.1) is 24.4 Å². The van der Waals surface area contributed by atoms with Crippen molar-refractivity contribution in [3.63, 3.8) is 0 Å². The van der Waals surface area contributed by atoms with Gasteiger partial charge in [-0.05, 0) is 41.0 Å². The van der Waals surface area contributed by atoms with E-state index in [4.69, 9.17) is 9.47 Å². The van der Waals surface area contributed by atoms with Crippen molar-refractivity contribution >= 4 is 15.9 Å². The van der Waals surface area contributed by atoms with Gasteiger partial charge in [-0.25, -0.2) is 0 Å². The van der Waals surface area contributed by atoms with Crippen molar-refractivity contribution in [1.29, 1.82) is 0 Å². The minimum atomic E-state index is 0.697. The van der Waals surface area contributed by atoms with Gasteiger partial charge < -0.3 is 9.47 Å². The summed E-state index contributed by atoms with van der Waals surface area (Å²) in [6, 6.07) is 3.95. The molecule has 1 N–H and O–H groups in total. The number of aromatic nitrogens is 2. The van der Waals surface area contributed by atoms with Gasteiger partial charge in [0.15, 0.2) is 11.5 Å². The third-order valence-electron chi connectivity index (χ3n) is 4.29. The molecule has 0 saturated carbocycles. The van der Waals surface area contributed by atoms with Crippen LogP contribution in [0.4, 0.5) is 0 Å². The highest BCUT2D eigenvalue weighted by Gasteiger charge is 2.24. The first-order valence-electron chi connectivity index (χ1n) is 7.88. The topological polar surface area (TPSA) is 50.4 Å². The molecule has 1 aliphatic rings. The molecular formula is C17H22BrN3O2. The maximum atomic E-state index is 5.49. The van der Waals surface area contributed by atoms with Gasteiger partial charge in [-0.3, -0.25) is 10.00 Å². The van der Waals surface area contributed by atoms with Crippen LogP contribution in [-0.4, -0.2) is 42.4 Å². The molecule has 3 rings (SSSR count). The van der Waals surface area contributed by atoms with E-state index >= 15 is 0 Å². The third-order valence-corrected chi connectivity index (χ3v) is 5.08.